The topological polar surface area (TPSA) is 158 Å². The van der Waals surface area contributed by atoms with Gasteiger partial charge in [0.15, 0.2) is 5.65 Å². The van der Waals surface area contributed by atoms with Crippen molar-refractivity contribution in [1.82, 2.24) is 34.9 Å². The number of fused-ring (bicyclic) bond motifs is 2. The van der Waals surface area contributed by atoms with Gasteiger partial charge < -0.3 is 25.4 Å². The Kier molecular flexibility index (Phi) is 8.38. The van der Waals surface area contributed by atoms with E-state index in [-0.39, 0.29) is 12.6 Å². The highest BCUT2D eigenvalue weighted by molar-refractivity contribution is 6.37. The van der Waals surface area contributed by atoms with Crippen LogP contribution >= 0.6 is 11.6 Å². The molecular weight excluding hydrogens is 519 g/mol. The molecule has 12 nitrogen and oxygen atoms in total. The number of aliphatic carboxylic acids is 1. The molecule has 0 aliphatic rings. The van der Waals surface area contributed by atoms with E-state index in [1.807, 2.05) is 38.8 Å². The van der Waals surface area contributed by atoms with Crippen LogP contribution in [0.25, 0.3) is 22.2 Å². The molecule has 0 bridgehead atoms. The van der Waals surface area contributed by atoms with Crippen LogP contribution in [0.15, 0.2) is 12.3 Å². The first kappa shape index (κ1) is 27.9. The number of aromatic nitrogens is 7. The minimum absolute atomic E-state index is 0.000464. The Morgan fingerprint density at radius 3 is 2.57 bits per heavy atom. The monoisotopic (exact) mass is 543 g/mol. The van der Waals surface area contributed by atoms with Gasteiger partial charge in [-0.3, -0.25) is 0 Å². The Labute approximate surface area is 213 Å². The molecule has 0 unspecified atom stereocenters. The quantitative estimate of drug-likeness (QED) is 0.271. The fourth-order valence-electron chi connectivity index (χ4n) is 3.30. The Morgan fingerprint density at radius 1 is 1.32 bits per heavy atom. The van der Waals surface area contributed by atoms with Gasteiger partial charge in [0.25, 0.3) is 0 Å². The number of pyridine rings is 1. The van der Waals surface area contributed by atoms with Gasteiger partial charge in [0.2, 0.25) is 5.95 Å². The summed E-state index contributed by atoms with van der Waals surface area (Å²) in [4.78, 5) is 27.8. The second kappa shape index (κ2) is 11.1. The van der Waals surface area contributed by atoms with Crippen molar-refractivity contribution >= 4 is 57.2 Å². The van der Waals surface area contributed by atoms with Crippen LogP contribution in [0.2, 0.25) is 5.02 Å². The molecule has 0 amide bonds. The van der Waals surface area contributed by atoms with Crippen LogP contribution in [0.5, 0.6) is 0 Å². The summed E-state index contributed by atoms with van der Waals surface area (Å²) in [6.45, 7) is 6.49. The molecule has 16 heteroatoms. The number of nitrogens with zero attached hydrogens (tertiary/aromatic N) is 7. The minimum Gasteiger partial charge on any atom is -0.475 e. The number of nitrogens with one attached hydrogen (secondary N) is 2. The van der Waals surface area contributed by atoms with Gasteiger partial charge in [0.1, 0.15) is 17.0 Å². The molecule has 4 aromatic rings. The van der Waals surface area contributed by atoms with Crippen molar-refractivity contribution in [3.63, 3.8) is 0 Å². The molecule has 0 fully saturated rings. The highest BCUT2D eigenvalue weighted by atomic mass is 35.5. The number of hydrogen-bond donors (Lipinski definition) is 4. The zero-order chi connectivity index (χ0) is 27.5. The Morgan fingerprint density at radius 2 is 2.00 bits per heavy atom. The van der Waals surface area contributed by atoms with Crippen molar-refractivity contribution < 1.29 is 28.2 Å². The number of likely N-dealkylation sites (N-methyl/N-ethyl adjacent to an activating group) is 1. The van der Waals surface area contributed by atoms with Crippen molar-refractivity contribution in [3.8, 4) is 0 Å². The maximum atomic E-state index is 10.6. The molecule has 37 heavy (non-hydrogen) atoms. The predicted molar refractivity (Wildman–Crippen MR) is 131 cm³/mol. The van der Waals surface area contributed by atoms with E-state index in [0.717, 1.165) is 23.1 Å². The molecule has 0 aliphatic heterocycles. The molecule has 0 saturated heterocycles. The third kappa shape index (κ3) is 6.17. The van der Waals surface area contributed by atoms with E-state index < -0.39 is 12.1 Å². The van der Waals surface area contributed by atoms with Gasteiger partial charge in [-0.05, 0) is 26.3 Å². The molecule has 4 rings (SSSR count). The molecule has 4 N–H and O–H groups in total. The molecular formula is C21H25ClF3N9O3. The third-order valence-electron chi connectivity index (χ3n) is 5.10. The molecule has 0 saturated carbocycles. The van der Waals surface area contributed by atoms with Gasteiger partial charge in [-0.25, -0.2) is 14.5 Å². The molecule has 0 radical (unpaired) electrons. The molecule has 0 aliphatic carbocycles. The molecule has 0 atom stereocenters. The summed E-state index contributed by atoms with van der Waals surface area (Å²) < 4.78 is 33.5. The SMILES string of the molecule is CCc1[nH]c2nc(Nc3cnc4c(c3)nnn4C(C)C)nc(N(C)CCO)c2c1Cl.O=C(O)C(F)(F)F. The minimum atomic E-state index is -5.08. The van der Waals surface area contributed by atoms with Crippen LogP contribution in [-0.4, -0.2) is 77.5 Å². The van der Waals surface area contributed by atoms with Crippen LogP contribution in [0.4, 0.5) is 30.6 Å². The van der Waals surface area contributed by atoms with E-state index in [1.54, 1.807) is 10.9 Å². The fourth-order valence-corrected chi connectivity index (χ4v) is 3.66. The summed E-state index contributed by atoms with van der Waals surface area (Å²) in [5.41, 5.74) is 3.63. The second-order valence-electron chi connectivity index (χ2n) is 8.13. The van der Waals surface area contributed by atoms with Crippen molar-refractivity contribution in [2.75, 3.05) is 30.4 Å². The summed E-state index contributed by atoms with van der Waals surface area (Å²) in [6.07, 6.45) is -2.64. The van der Waals surface area contributed by atoms with Crippen molar-refractivity contribution in [2.45, 2.75) is 39.4 Å². The van der Waals surface area contributed by atoms with Crippen LogP contribution in [0.3, 0.4) is 0 Å². The predicted octanol–water partition coefficient (Wildman–Crippen LogP) is 3.70. The molecule has 4 aromatic heterocycles. The number of aliphatic hydroxyl groups is 1. The normalized spacial score (nSPS) is 11.6. The second-order valence-corrected chi connectivity index (χ2v) is 8.51. The molecule has 200 valence electrons. The van der Waals surface area contributed by atoms with Gasteiger partial charge >= 0.3 is 12.1 Å². The van der Waals surface area contributed by atoms with E-state index in [0.29, 0.717) is 40.2 Å². The van der Waals surface area contributed by atoms with Crippen LogP contribution in [0.1, 0.15) is 32.5 Å². The Bertz CT molecular complexity index is 1400. The van der Waals surface area contributed by atoms with Gasteiger partial charge in [-0.15, -0.1) is 5.10 Å². The first-order chi connectivity index (χ1) is 17.4. The lowest BCUT2D eigenvalue weighted by atomic mass is 10.3. The number of rotatable bonds is 7. The number of carboxylic acid groups (broad SMARTS) is 1. The zero-order valence-electron chi connectivity index (χ0n) is 20.3. The van der Waals surface area contributed by atoms with Crippen molar-refractivity contribution in [1.29, 1.82) is 0 Å². The lowest BCUT2D eigenvalue weighted by molar-refractivity contribution is -0.192. The average molecular weight is 544 g/mol. The van der Waals surface area contributed by atoms with E-state index in [1.165, 1.54) is 0 Å². The number of aliphatic hydroxyl groups excluding tert-OH is 1. The molecule has 0 aromatic carbocycles. The number of aryl methyl sites for hydroxylation is 1. The fraction of sp³-hybridized carbons (Fsp3) is 0.429. The lowest BCUT2D eigenvalue weighted by Crippen LogP contribution is -2.23. The lowest BCUT2D eigenvalue weighted by Gasteiger charge is -2.18. The van der Waals surface area contributed by atoms with Gasteiger partial charge in [0.05, 0.1) is 34.9 Å². The number of hydrogen-bond acceptors (Lipinski definition) is 9. The summed E-state index contributed by atoms with van der Waals surface area (Å²) >= 11 is 6.56. The maximum Gasteiger partial charge on any atom is 0.490 e. The van der Waals surface area contributed by atoms with E-state index >= 15 is 0 Å². The number of alkyl halides is 3. The highest BCUT2D eigenvalue weighted by Gasteiger charge is 2.38. The summed E-state index contributed by atoms with van der Waals surface area (Å²) in [5.74, 6) is -1.73. The average Bonchev–Trinajstić information content (AvgIpc) is 3.39. The van der Waals surface area contributed by atoms with Crippen molar-refractivity contribution in [3.05, 3.63) is 23.0 Å². The molecule has 4 heterocycles. The number of carboxylic acids is 1. The number of H-pyrrole nitrogens is 1. The number of halogens is 4. The highest BCUT2D eigenvalue weighted by Crippen LogP contribution is 2.34. The Balaban J connectivity index is 0.000000479. The summed E-state index contributed by atoms with van der Waals surface area (Å²) in [6, 6.07) is 2.03. The molecule has 0 spiro atoms. The first-order valence-corrected chi connectivity index (χ1v) is 11.4. The largest absolute Gasteiger partial charge is 0.490 e. The third-order valence-corrected chi connectivity index (χ3v) is 5.51. The zero-order valence-corrected chi connectivity index (χ0v) is 21.1. The maximum absolute atomic E-state index is 10.6. The van der Waals surface area contributed by atoms with Gasteiger partial charge in [-0.1, -0.05) is 23.7 Å². The smallest absolute Gasteiger partial charge is 0.475 e. The van der Waals surface area contributed by atoms with Crippen LogP contribution < -0.4 is 10.2 Å². The standard InChI is InChI=1S/C19H24ClN9O.C2HF3O2/c1-5-12-15(20)14-16(23-12)24-19(25-18(14)28(4)6-7-30)22-11-8-13-17(21-9-11)29(10(2)3)27-26-13;3-2(4,5)1(6)7/h8-10,30H,5-7H2,1-4H3,(H2,22,23,24,25);(H,6,7). The van der Waals surface area contributed by atoms with Crippen molar-refractivity contribution in [2.24, 2.45) is 0 Å². The summed E-state index contributed by atoms with van der Waals surface area (Å²) in [5, 5.41) is 29.4. The Hall–Kier alpha value is -3.72. The van der Waals surface area contributed by atoms with E-state index in [4.69, 9.17) is 21.5 Å². The number of anilines is 3. The number of carbonyl (C=O) groups is 1. The van der Waals surface area contributed by atoms with Crippen LogP contribution in [-0.2, 0) is 11.2 Å². The van der Waals surface area contributed by atoms with Gasteiger partial charge in [0, 0.05) is 19.3 Å². The van der Waals surface area contributed by atoms with Gasteiger partial charge in [-0.2, -0.15) is 23.1 Å². The summed E-state index contributed by atoms with van der Waals surface area (Å²) in [7, 11) is 1.86. The van der Waals surface area contributed by atoms with E-state index in [9.17, 15) is 18.3 Å². The first-order valence-electron chi connectivity index (χ1n) is 11.0. The number of aromatic amines is 1. The van der Waals surface area contributed by atoms with E-state index in [2.05, 4.69) is 35.6 Å². The van der Waals surface area contributed by atoms with Crippen LogP contribution in [0, 0.1) is 0 Å².